The van der Waals surface area contributed by atoms with Crippen molar-refractivity contribution < 1.29 is 4.79 Å². The number of amides is 1. The van der Waals surface area contributed by atoms with Gasteiger partial charge in [0.2, 0.25) is 0 Å². The first-order chi connectivity index (χ1) is 6.18. The molecule has 0 bridgehead atoms. The molecule has 0 unspecified atom stereocenters. The van der Waals surface area contributed by atoms with Gasteiger partial charge in [0, 0.05) is 16.7 Å². The van der Waals surface area contributed by atoms with E-state index >= 15 is 0 Å². The predicted octanol–water partition coefficient (Wildman–Crippen LogP) is 2.06. The van der Waals surface area contributed by atoms with E-state index in [-0.39, 0.29) is 5.91 Å². The normalized spacial score (nSPS) is 14.5. The van der Waals surface area contributed by atoms with E-state index < -0.39 is 0 Å². The first kappa shape index (κ1) is 8.99. The maximum atomic E-state index is 11.7. The van der Waals surface area contributed by atoms with Crippen LogP contribution in [0.5, 0.6) is 0 Å². The summed E-state index contributed by atoms with van der Waals surface area (Å²) in [4.78, 5) is 13.5. The van der Waals surface area contributed by atoms with Crippen LogP contribution < -0.4 is 0 Å². The van der Waals surface area contributed by atoms with Gasteiger partial charge >= 0.3 is 0 Å². The molecule has 2 nitrogen and oxygen atoms in total. The number of rotatable bonds is 1. The van der Waals surface area contributed by atoms with Crippen LogP contribution in [0, 0.1) is 10.5 Å². The zero-order valence-electron chi connectivity index (χ0n) is 7.38. The van der Waals surface area contributed by atoms with Crippen molar-refractivity contribution in [2.45, 2.75) is 6.92 Å². The van der Waals surface area contributed by atoms with Crippen LogP contribution in [0.4, 0.5) is 0 Å². The topological polar surface area (TPSA) is 20.1 Å². The Morgan fingerprint density at radius 2 is 2.15 bits per heavy atom. The molecule has 1 saturated heterocycles. The Labute approximate surface area is 91.1 Å². The molecule has 1 heterocycles. The Morgan fingerprint density at radius 3 is 2.77 bits per heavy atom. The molecule has 0 atom stereocenters. The Bertz CT molecular complexity index is 358. The van der Waals surface area contributed by atoms with Crippen LogP contribution >= 0.6 is 22.6 Å². The van der Waals surface area contributed by atoms with E-state index in [9.17, 15) is 4.79 Å². The number of hydrogen-bond donors (Lipinski definition) is 0. The van der Waals surface area contributed by atoms with Crippen LogP contribution in [0.15, 0.2) is 18.2 Å². The van der Waals surface area contributed by atoms with Crippen molar-refractivity contribution in [3.05, 3.63) is 32.9 Å². The predicted molar refractivity (Wildman–Crippen MR) is 59.8 cm³/mol. The number of benzene rings is 1. The van der Waals surface area contributed by atoms with Crippen LogP contribution in [0.2, 0.25) is 0 Å². The second-order valence-corrected chi connectivity index (χ2v) is 4.44. The molecular weight excluding hydrogens is 277 g/mol. The first-order valence-electron chi connectivity index (χ1n) is 4.24. The van der Waals surface area contributed by atoms with E-state index in [1.807, 2.05) is 30.0 Å². The Kier molecular flexibility index (Phi) is 2.27. The van der Waals surface area contributed by atoms with Crippen molar-refractivity contribution in [3.8, 4) is 0 Å². The number of carbonyl (C=O) groups is 1. The quantitative estimate of drug-likeness (QED) is 0.572. The SMILES string of the molecule is Cc1ccc(I)c(C(=O)N2CC2)c1. The minimum absolute atomic E-state index is 0.174. The highest BCUT2D eigenvalue weighted by Crippen LogP contribution is 2.19. The Balaban J connectivity index is 2.37. The summed E-state index contributed by atoms with van der Waals surface area (Å²) in [5.41, 5.74) is 1.99. The zero-order chi connectivity index (χ0) is 9.42. The van der Waals surface area contributed by atoms with Gasteiger partial charge < -0.3 is 4.90 Å². The highest BCUT2D eigenvalue weighted by molar-refractivity contribution is 14.1. The summed E-state index contributed by atoms with van der Waals surface area (Å²) in [5.74, 6) is 0.174. The fraction of sp³-hybridized carbons (Fsp3) is 0.300. The lowest BCUT2D eigenvalue weighted by Gasteiger charge is -2.05. The van der Waals surface area contributed by atoms with Crippen molar-refractivity contribution in [1.82, 2.24) is 4.90 Å². The first-order valence-corrected chi connectivity index (χ1v) is 5.32. The molecule has 68 valence electrons. The largest absolute Gasteiger partial charge is 0.335 e. The average Bonchev–Trinajstić information content (AvgIpc) is 2.91. The standard InChI is InChI=1S/C10H10INO/c1-7-2-3-9(11)8(6-7)10(13)12-4-5-12/h2-3,6H,4-5H2,1H3. The molecule has 0 saturated carbocycles. The third kappa shape index (κ3) is 1.85. The molecule has 0 aromatic heterocycles. The summed E-state index contributed by atoms with van der Waals surface area (Å²) in [6, 6.07) is 5.98. The lowest BCUT2D eigenvalue weighted by Crippen LogP contribution is -2.12. The lowest BCUT2D eigenvalue weighted by atomic mass is 10.1. The second kappa shape index (κ2) is 3.29. The minimum atomic E-state index is 0.174. The van der Waals surface area contributed by atoms with E-state index in [4.69, 9.17) is 0 Å². The fourth-order valence-corrected chi connectivity index (χ4v) is 1.79. The van der Waals surface area contributed by atoms with Crippen LogP contribution in [0.25, 0.3) is 0 Å². The maximum absolute atomic E-state index is 11.7. The summed E-state index contributed by atoms with van der Waals surface area (Å²) < 4.78 is 1.04. The van der Waals surface area contributed by atoms with Gasteiger partial charge in [0.15, 0.2) is 0 Å². The molecule has 13 heavy (non-hydrogen) atoms. The van der Waals surface area contributed by atoms with Gasteiger partial charge in [-0.25, -0.2) is 0 Å². The van der Waals surface area contributed by atoms with E-state index in [0.29, 0.717) is 0 Å². The van der Waals surface area contributed by atoms with E-state index in [0.717, 1.165) is 27.8 Å². The molecule has 1 aliphatic heterocycles. The Morgan fingerprint density at radius 1 is 1.46 bits per heavy atom. The second-order valence-electron chi connectivity index (χ2n) is 3.28. The molecule has 0 spiro atoms. The summed E-state index contributed by atoms with van der Waals surface area (Å²) >= 11 is 2.21. The highest BCUT2D eigenvalue weighted by atomic mass is 127. The van der Waals surface area contributed by atoms with Crippen LogP contribution in [-0.4, -0.2) is 23.9 Å². The van der Waals surface area contributed by atoms with Gasteiger partial charge in [0.1, 0.15) is 0 Å². The van der Waals surface area contributed by atoms with Gasteiger partial charge in [-0.05, 0) is 41.6 Å². The van der Waals surface area contributed by atoms with Gasteiger partial charge in [0.25, 0.3) is 5.91 Å². The van der Waals surface area contributed by atoms with E-state index in [1.54, 1.807) is 0 Å². The van der Waals surface area contributed by atoms with Crippen molar-refractivity contribution in [2.75, 3.05) is 13.1 Å². The van der Waals surface area contributed by atoms with Crippen LogP contribution in [-0.2, 0) is 0 Å². The molecule has 1 aliphatic rings. The minimum Gasteiger partial charge on any atom is -0.335 e. The van der Waals surface area contributed by atoms with Crippen LogP contribution in [0.1, 0.15) is 15.9 Å². The Hall–Kier alpha value is -0.580. The summed E-state index contributed by atoms with van der Waals surface area (Å²) in [5, 5.41) is 0. The molecule has 1 aromatic rings. The highest BCUT2D eigenvalue weighted by Gasteiger charge is 2.26. The third-order valence-electron chi connectivity index (χ3n) is 2.09. The molecule has 0 radical (unpaired) electrons. The maximum Gasteiger partial charge on any atom is 0.255 e. The van der Waals surface area contributed by atoms with Gasteiger partial charge in [0.05, 0.1) is 5.56 Å². The molecule has 3 heteroatoms. The van der Waals surface area contributed by atoms with E-state index in [1.165, 1.54) is 0 Å². The van der Waals surface area contributed by atoms with Gasteiger partial charge in [-0.2, -0.15) is 0 Å². The number of aryl methyl sites for hydroxylation is 1. The summed E-state index contributed by atoms with van der Waals surface area (Å²) in [7, 11) is 0. The fourth-order valence-electron chi connectivity index (χ4n) is 1.23. The molecule has 1 fully saturated rings. The average molecular weight is 287 g/mol. The number of hydrogen-bond acceptors (Lipinski definition) is 1. The van der Waals surface area contributed by atoms with Gasteiger partial charge in [-0.3, -0.25) is 4.79 Å². The van der Waals surface area contributed by atoms with Crippen LogP contribution in [0.3, 0.4) is 0 Å². The molecule has 0 aliphatic carbocycles. The molecule has 0 N–H and O–H groups in total. The molecule has 1 aromatic carbocycles. The molecule has 1 amide bonds. The van der Waals surface area contributed by atoms with Crippen molar-refractivity contribution in [1.29, 1.82) is 0 Å². The lowest BCUT2D eigenvalue weighted by molar-refractivity contribution is 0.0884. The number of carbonyl (C=O) groups excluding carboxylic acids is 1. The van der Waals surface area contributed by atoms with Crippen molar-refractivity contribution in [3.63, 3.8) is 0 Å². The smallest absolute Gasteiger partial charge is 0.255 e. The van der Waals surface area contributed by atoms with Crippen molar-refractivity contribution >= 4 is 28.5 Å². The summed E-state index contributed by atoms with van der Waals surface area (Å²) in [6.07, 6.45) is 0. The third-order valence-corrected chi connectivity index (χ3v) is 3.03. The van der Waals surface area contributed by atoms with Crippen molar-refractivity contribution in [2.24, 2.45) is 0 Å². The monoisotopic (exact) mass is 287 g/mol. The molecule has 2 rings (SSSR count). The van der Waals surface area contributed by atoms with E-state index in [2.05, 4.69) is 22.6 Å². The van der Waals surface area contributed by atoms with Gasteiger partial charge in [-0.15, -0.1) is 0 Å². The van der Waals surface area contributed by atoms with Gasteiger partial charge in [-0.1, -0.05) is 11.6 Å². The number of halogens is 1. The molecular formula is C10H10INO. The summed E-state index contributed by atoms with van der Waals surface area (Å²) in [6.45, 7) is 3.85. The number of nitrogens with zero attached hydrogens (tertiary/aromatic N) is 1. The zero-order valence-corrected chi connectivity index (χ0v) is 9.54.